The SMILES string of the molecule is COC(=O)/C=C/[C@H]1O[C@@H]2OC(C)(C)O[C@@H]2[C@H]2OC(C)(C)O[C@H]21. The molecular formula is C15H22O7. The largest absolute Gasteiger partial charge is 0.466 e. The van der Waals surface area contributed by atoms with Gasteiger partial charge < -0.3 is 28.4 Å². The monoisotopic (exact) mass is 314 g/mol. The molecule has 3 rings (SSSR count). The Balaban J connectivity index is 1.84. The molecule has 0 aromatic carbocycles. The highest BCUT2D eigenvalue weighted by Gasteiger charge is 2.60. The Morgan fingerprint density at radius 2 is 1.55 bits per heavy atom. The van der Waals surface area contributed by atoms with E-state index in [1.807, 2.05) is 27.7 Å². The minimum absolute atomic E-state index is 0.331. The number of methoxy groups -OCH3 is 1. The van der Waals surface area contributed by atoms with Crippen LogP contribution in [0.15, 0.2) is 12.2 Å². The van der Waals surface area contributed by atoms with Crippen molar-refractivity contribution in [3.63, 3.8) is 0 Å². The van der Waals surface area contributed by atoms with Crippen LogP contribution in [0.1, 0.15) is 27.7 Å². The van der Waals surface area contributed by atoms with Gasteiger partial charge in [0.15, 0.2) is 17.9 Å². The molecule has 3 aliphatic rings. The third kappa shape index (κ3) is 2.91. The van der Waals surface area contributed by atoms with Crippen molar-refractivity contribution < 1.29 is 33.2 Å². The van der Waals surface area contributed by atoms with Gasteiger partial charge in [-0.2, -0.15) is 0 Å². The highest BCUT2D eigenvalue weighted by atomic mass is 16.9. The van der Waals surface area contributed by atoms with Gasteiger partial charge in [-0.25, -0.2) is 4.79 Å². The van der Waals surface area contributed by atoms with Crippen LogP contribution in [0.25, 0.3) is 0 Å². The molecule has 0 amide bonds. The summed E-state index contributed by atoms with van der Waals surface area (Å²) in [6, 6.07) is 0. The van der Waals surface area contributed by atoms with Crippen LogP contribution >= 0.6 is 0 Å². The van der Waals surface area contributed by atoms with E-state index >= 15 is 0 Å². The fourth-order valence-corrected chi connectivity index (χ4v) is 3.04. The van der Waals surface area contributed by atoms with E-state index in [-0.39, 0.29) is 18.3 Å². The first-order valence-corrected chi connectivity index (χ1v) is 7.34. The summed E-state index contributed by atoms with van der Waals surface area (Å²) in [4.78, 5) is 11.3. The van der Waals surface area contributed by atoms with Gasteiger partial charge in [0, 0.05) is 6.08 Å². The van der Waals surface area contributed by atoms with E-state index in [1.54, 1.807) is 6.08 Å². The molecule has 7 heteroatoms. The Morgan fingerprint density at radius 3 is 2.23 bits per heavy atom. The second-order valence-electron chi connectivity index (χ2n) is 6.52. The van der Waals surface area contributed by atoms with E-state index in [0.29, 0.717) is 0 Å². The first-order chi connectivity index (χ1) is 10.2. The predicted molar refractivity (Wildman–Crippen MR) is 73.7 cm³/mol. The minimum atomic E-state index is -0.753. The number of carbonyl (C=O) groups is 1. The molecule has 0 saturated carbocycles. The standard InChI is InChI=1S/C15H22O7/c1-14(2)19-10-8(6-7-9(16)17-5)18-13-12(11(10)20-14)21-15(3,4)22-13/h6-8,10-13H,1-5H3/b7-6+/t8-,10+,11+,12-,13-/m1/s1. The predicted octanol–water partition coefficient (Wildman–Crippen LogP) is 1.11. The van der Waals surface area contributed by atoms with Gasteiger partial charge in [0.05, 0.1) is 7.11 Å². The summed E-state index contributed by atoms with van der Waals surface area (Å²) in [5.41, 5.74) is 0. The maximum atomic E-state index is 11.3. The summed E-state index contributed by atoms with van der Waals surface area (Å²) in [6.45, 7) is 7.32. The molecule has 5 atom stereocenters. The lowest BCUT2D eigenvalue weighted by Gasteiger charge is -2.35. The lowest BCUT2D eigenvalue weighted by atomic mass is 9.98. The zero-order valence-corrected chi connectivity index (χ0v) is 13.4. The molecule has 22 heavy (non-hydrogen) atoms. The Hall–Kier alpha value is -0.990. The molecular weight excluding hydrogens is 292 g/mol. The molecule has 0 N–H and O–H groups in total. The van der Waals surface area contributed by atoms with Crippen LogP contribution in [0, 0.1) is 0 Å². The van der Waals surface area contributed by atoms with Crippen molar-refractivity contribution in [2.75, 3.05) is 7.11 Å². The van der Waals surface area contributed by atoms with E-state index in [0.717, 1.165) is 0 Å². The van der Waals surface area contributed by atoms with E-state index < -0.39 is 29.9 Å². The molecule has 0 spiro atoms. The molecule has 7 nitrogen and oxygen atoms in total. The van der Waals surface area contributed by atoms with Crippen molar-refractivity contribution >= 4 is 5.97 Å². The van der Waals surface area contributed by atoms with Gasteiger partial charge in [0.2, 0.25) is 0 Å². The molecule has 3 heterocycles. The molecule has 0 bridgehead atoms. The number of esters is 1. The van der Waals surface area contributed by atoms with Gasteiger partial charge >= 0.3 is 5.97 Å². The molecule has 0 unspecified atom stereocenters. The molecule has 0 radical (unpaired) electrons. The van der Waals surface area contributed by atoms with Crippen molar-refractivity contribution in [3.8, 4) is 0 Å². The van der Waals surface area contributed by atoms with Crippen molar-refractivity contribution in [3.05, 3.63) is 12.2 Å². The van der Waals surface area contributed by atoms with Crippen LogP contribution in [0.3, 0.4) is 0 Å². The number of ether oxygens (including phenoxy) is 6. The number of fused-ring (bicyclic) bond motifs is 3. The maximum absolute atomic E-state index is 11.3. The summed E-state index contributed by atoms with van der Waals surface area (Å²) in [5.74, 6) is -1.96. The van der Waals surface area contributed by atoms with Crippen molar-refractivity contribution in [1.82, 2.24) is 0 Å². The van der Waals surface area contributed by atoms with Crippen LogP contribution in [-0.2, 0) is 33.2 Å². The fraction of sp³-hybridized carbons (Fsp3) is 0.800. The van der Waals surface area contributed by atoms with Crippen LogP contribution in [0.4, 0.5) is 0 Å². The quantitative estimate of drug-likeness (QED) is 0.558. The lowest BCUT2D eigenvalue weighted by molar-refractivity contribution is -0.222. The second kappa shape index (κ2) is 5.28. The minimum Gasteiger partial charge on any atom is -0.466 e. The number of hydrogen-bond donors (Lipinski definition) is 0. The molecule has 0 aromatic rings. The Morgan fingerprint density at radius 1 is 0.955 bits per heavy atom. The number of hydrogen-bond acceptors (Lipinski definition) is 7. The normalized spacial score (nSPS) is 42.1. The zero-order valence-electron chi connectivity index (χ0n) is 13.4. The Bertz CT molecular complexity index is 484. The fourth-order valence-electron chi connectivity index (χ4n) is 3.04. The van der Waals surface area contributed by atoms with Crippen molar-refractivity contribution in [2.45, 2.75) is 70.0 Å². The molecule has 124 valence electrons. The highest BCUT2D eigenvalue weighted by Crippen LogP contribution is 2.44. The first kappa shape index (κ1) is 15.9. The average Bonchev–Trinajstić information content (AvgIpc) is 2.89. The highest BCUT2D eigenvalue weighted by molar-refractivity contribution is 5.81. The summed E-state index contributed by atoms with van der Waals surface area (Å²) < 4.78 is 34.0. The van der Waals surface area contributed by atoms with E-state index in [9.17, 15) is 4.79 Å². The second-order valence-corrected chi connectivity index (χ2v) is 6.52. The van der Waals surface area contributed by atoms with E-state index in [1.165, 1.54) is 13.2 Å². The summed E-state index contributed by atoms with van der Waals surface area (Å²) >= 11 is 0. The smallest absolute Gasteiger partial charge is 0.330 e. The van der Waals surface area contributed by atoms with Gasteiger partial charge in [-0.15, -0.1) is 0 Å². The zero-order chi connectivity index (χ0) is 16.1. The Kier molecular flexibility index (Phi) is 3.81. The maximum Gasteiger partial charge on any atom is 0.330 e. The average molecular weight is 314 g/mol. The van der Waals surface area contributed by atoms with Gasteiger partial charge in [0.25, 0.3) is 0 Å². The van der Waals surface area contributed by atoms with Crippen LogP contribution < -0.4 is 0 Å². The topological polar surface area (TPSA) is 72.5 Å². The van der Waals surface area contributed by atoms with Gasteiger partial charge in [-0.1, -0.05) is 0 Å². The van der Waals surface area contributed by atoms with Gasteiger partial charge in [-0.05, 0) is 33.8 Å². The van der Waals surface area contributed by atoms with Crippen LogP contribution in [0.2, 0.25) is 0 Å². The molecule has 3 fully saturated rings. The molecule has 3 saturated heterocycles. The van der Waals surface area contributed by atoms with Gasteiger partial charge in [0.1, 0.15) is 24.4 Å². The third-order valence-corrected chi connectivity index (χ3v) is 3.81. The third-order valence-electron chi connectivity index (χ3n) is 3.81. The van der Waals surface area contributed by atoms with Gasteiger partial charge in [-0.3, -0.25) is 0 Å². The van der Waals surface area contributed by atoms with E-state index in [2.05, 4.69) is 4.74 Å². The molecule has 3 aliphatic heterocycles. The number of rotatable bonds is 2. The Labute approximate surface area is 129 Å². The van der Waals surface area contributed by atoms with Crippen LogP contribution in [-0.4, -0.2) is 55.4 Å². The first-order valence-electron chi connectivity index (χ1n) is 7.34. The van der Waals surface area contributed by atoms with Crippen LogP contribution in [0.5, 0.6) is 0 Å². The summed E-state index contributed by atoms with van der Waals surface area (Å²) in [7, 11) is 1.32. The number of carbonyl (C=O) groups excluding carboxylic acids is 1. The van der Waals surface area contributed by atoms with Crippen molar-refractivity contribution in [1.29, 1.82) is 0 Å². The molecule has 0 aliphatic carbocycles. The summed E-state index contributed by atoms with van der Waals surface area (Å²) in [6.07, 6.45) is 0.796. The summed E-state index contributed by atoms with van der Waals surface area (Å²) in [5, 5.41) is 0. The van der Waals surface area contributed by atoms with E-state index in [4.69, 9.17) is 23.7 Å². The van der Waals surface area contributed by atoms with Crippen molar-refractivity contribution in [2.24, 2.45) is 0 Å². The lowest BCUT2D eigenvalue weighted by Crippen LogP contribution is -2.54. The molecule has 0 aromatic heterocycles.